The number of carbonyl (C=O) groups is 1. The predicted molar refractivity (Wildman–Crippen MR) is 98.1 cm³/mol. The van der Waals surface area contributed by atoms with Crippen molar-refractivity contribution in [3.63, 3.8) is 0 Å². The molecule has 0 atom stereocenters. The number of hydrogen-bond donors (Lipinski definition) is 1. The van der Waals surface area contributed by atoms with Gasteiger partial charge in [0.05, 0.1) is 17.3 Å². The Morgan fingerprint density at radius 3 is 2.80 bits per heavy atom. The molecule has 8 heteroatoms. The highest BCUT2D eigenvalue weighted by molar-refractivity contribution is 7.09. The van der Waals surface area contributed by atoms with Crippen molar-refractivity contribution in [2.75, 3.05) is 5.32 Å². The topological polar surface area (TPSA) is 86.0 Å². The monoisotopic (exact) mass is 358 g/mol. The van der Waals surface area contributed by atoms with Gasteiger partial charge in [-0.05, 0) is 30.4 Å². The van der Waals surface area contributed by atoms with E-state index in [-0.39, 0.29) is 5.91 Å². The number of aryl methyl sites for hydroxylation is 2. The highest BCUT2D eigenvalue weighted by Gasteiger charge is 2.11. The number of anilines is 1. The third kappa shape index (κ3) is 3.53. The van der Waals surface area contributed by atoms with Gasteiger partial charge in [0.25, 0.3) is 5.56 Å². The van der Waals surface area contributed by atoms with E-state index in [9.17, 15) is 14.4 Å². The van der Waals surface area contributed by atoms with E-state index in [1.54, 1.807) is 24.5 Å². The highest BCUT2D eigenvalue weighted by Crippen LogP contribution is 2.14. The zero-order chi connectivity index (χ0) is 18.0. The minimum absolute atomic E-state index is 0.126. The minimum Gasteiger partial charge on any atom is -0.325 e. The molecule has 0 aromatic carbocycles. The molecule has 3 aromatic heterocycles. The molecular weight excluding hydrogens is 340 g/mol. The fourth-order valence-corrected chi connectivity index (χ4v) is 3.39. The first-order chi connectivity index (χ1) is 12.0. The Labute approximate surface area is 147 Å². The quantitative estimate of drug-likeness (QED) is 0.751. The Morgan fingerprint density at radius 2 is 2.08 bits per heavy atom. The molecule has 25 heavy (non-hydrogen) atoms. The van der Waals surface area contributed by atoms with Crippen LogP contribution >= 0.6 is 11.3 Å². The second-order valence-electron chi connectivity index (χ2n) is 5.78. The van der Waals surface area contributed by atoms with E-state index in [1.165, 1.54) is 22.7 Å². The molecule has 130 valence electrons. The van der Waals surface area contributed by atoms with E-state index in [4.69, 9.17) is 0 Å². The molecule has 0 saturated carbocycles. The average Bonchev–Trinajstić information content (AvgIpc) is 3.11. The average molecular weight is 358 g/mol. The van der Waals surface area contributed by atoms with Crippen molar-refractivity contribution < 1.29 is 4.79 Å². The standard InChI is InChI=1S/C17H18N4O3S/c1-20-15-13(16(23)21(2)17(20)24)9-11(10-18-15)19-14(22)7-3-5-12-6-4-8-25-12/h4,6,8-10H,3,5,7H2,1-2H3,(H,19,22). The number of nitrogens with zero attached hydrogens (tertiary/aromatic N) is 3. The number of hydrogen-bond acceptors (Lipinski definition) is 5. The van der Waals surface area contributed by atoms with Crippen LogP contribution in [0.2, 0.25) is 0 Å². The molecule has 0 bridgehead atoms. The molecule has 7 nitrogen and oxygen atoms in total. The summed E-state index contributed by atoms with van der Waals surface area (Å²) in [7, 11) is 2.97. The van der Waals surface area contributed by atoms with Crippen LogP contribution in [-0.2, 0) is 25.3 Å². The first kappa shape index (κ1) is 17.1. The second-order valence-corrected chi connectivity index (χ2v) is 6.81. The summed E-state index contributed by atoms with van der Waals surface area (Å²) < 4.78 is 2.33. The van der Waals surface area contributed by atoms with Crippen molar-refractivity contribution >= 4 is 34.0 Å². The second kappa shape index (κ2) is 7.02. The molecule has 0 spiro atoms. The molecule has 0 aliphatic heterocycles. The van der Waals surface area contributed by atoms with Gasteiger partial charge < -0.3 is 5.32 Å². The molecule has 3 aromatic rings. The van der Waals surface area contributed by atoms with Gasteiger partial charge in [0.15, 0.2) is 0 Å². The molecule has 3 heterocycles. The predicted octanol–water partition coefficient (Wildman–Crippen LogP) is 1.66. The molecule has 3 rings (SSSR count). The van der Waals surface area contributed by atoms with E-state index in [0.29, 0.717) is 23.1 Å². The highest BCUT2D eigenvalue weighted by atomic mass is 32.1. The van der Waals surface area contributed by atoms with Gasteiger partial charge in [-0.2, -0.15) is 0 Å². The summed E-state index contributed by atoms with van der Waals surface area (Å²) in [4.78, 5) is 41.6. The van der Waals surface area contributed by atoms with Crippen LogP contribution in [0.15, 0.2) is 39.4 Å². The number of fused-ring (bicyclic) bond motifs is 1. The SMILES string of the molecule is Cn1c(=O)c2cc(NC(=O)CCCc3cccs3)cnc2n(C)c1=O. The van der Waals surface area contributed by atoms with Crippen LogP contribution in [0.5, 0.6) is 0 Å². The van der Waals surface area contributed by atoms with E-state index in [1.807, 2.05) is 11.4 Å². The lowest BCUT2D eigenvalue weighted by molar-refractivity contribution is -0.116. The van der Waals surface area contributed by atoms with Gasteiger partial charge >= 0.3 is 5.69 Å². The number of aromatic nitrogens is 3. The Kier molecular flexibility index (Phi) is 4.80. The third-order valence-electron chi connectivity index (χ3n) is 3.98. The van der Waals surface area contributed by atoms with E-state index in [0.717, 1.165) is 17.4 Å². The maximum atomic E-state index is 12.2. The number of pyridine rings is 1. The van der Waals surface area contributed by atoms with Crippen molar-refractivity contribution in [1.82, 2.24) is 14.1 Å². The van der Waals surface area contributed by atoms with Gasteiger partial charge in [-0.25, -0.2) is 9.78 Å². The lowest BCUT2D eigenvalue weighted by Gasteiger charge is -2.09. The number of rotatable bonds is 5. The van der Waals surface area contributed by atoms with Crippen LogP contribution in [0.4, 0.5) is 5.69 Å². The fraction of sp³-hybridized carbons (Fsp3) is 0.294. The molecule has 0 saturated heterocycles. The lowest BCUT2D eigenvalue weighted by Crippen LogP contribution is -2.37. The van der Waals surface area contributed by atoms with Gasteiger partial charge in [0, 0.05) is 25.4 Å². The van der Waals surface area contributed by atoms with E-state index < -0.39 is 11.2 Å². The van der Waals surface area contributed by atoms with Crippen LogP contribution in [-0.4, -0.2) is 20.0 Å². The first-order valence-electron chi connectivity index (χ1n) is 7.85. The zero-order valence-corrected chi connectivity index (χ0v) is 14.8. The Morgan fingerprint density at radius 1 is 1.28 bits per heavy atom. The Balaban J connectivity index is 1.74. The van der Waals surface area contributed by atoms with Crippen molar-refractivity contribution in [2.45, 2.75) is 19.3 Å². The molecular formula is C17H18N4O3S. The van der Waals surface area contributed by atoms with Gasteiger partial charge in [0.2, 0.25) is 5.91 Å². The smallest absolute Gasteiger partial charge is 0.325 e. The van der Waals surface area contributed by atoms with Gasteiger partial charge in [0.1, 0.15) is 5.65 Å². The van der Waals surface area contributed by atoms with Gasteiger partial charge in [-0.3, -0.25) is 18.7 Å². The summed E-state index contributed by atoms with van der Waals surface area (Å²) >= 11 is 1.68. The molecule has 0 radical (unpaired) electrons. The number of thiophene rings is 1. The summed E-state index contributed by atoms with van der Waals surface area (Å²) in [6.45, 7) is 0. The molecule has 0 unspecified atom stereocenters. The summed E-state index contributed by atoms with van der Waals surface area (Å²) in [5, 5.41) is 5.07. The molecule has 0 fully saturated rings. The fourth-order valence-electron chi connectivity index (χ4n) is 2.64. The summed E-state index contributed by atoms with van der Waals surface area (Å²) in [5.41, 5.74) is -0.122. The minimum atomic E-state index is -0.435. The van der Waals surface area contributed by atoms with Crippen molar-refractivity contribution in [3.05, 3.63) is 55.5 Å². The molecule has 1 amide bonds. The van der Waals surface area contributed by atoms with Crippen molar-refractivity contribution in [3.8, 4) is 0 Å². The van der Waals surface area contributed by atoms with E-state index in [2.05, 4.69) is 16.4 Å². The summed E-state index contributed by atoms with van der Waals surface area (Å²) in [6.07, 6.45) is 3.47. The zero-order valence-electron chi connectivity index (χ0n) is 14.0. The lowest BCUT2D eigenvalue weighted by atomic mass is 10.2. The summed E-state index contributed by atoms with van der Waals surface area (Å²) in [6, 6.07) is 5.60. The van der Waals surface area contributed by atoms with Crippen molar-refractivity contribution in [2.24, 2.45) is 14.1 Å². The Hall–Kier alpha value is -2.74. The third-order valence-corrected chi connectivity index (χ3v) is 4.92. The van der Waals surface area contributed by atoms with Crippen LogP contribution in [0.25, 0.3) is 11.0 Å². The summed E-state index contributed by atoms with van der Waals surface area (Å²) in [5.74, 6) is -0.126. The largest absolute Gasteiger partial charge is 0.332 e. The van der Waals surface area contributed by atoms with E-state index >= 15 is 0 Å². The Bertz CT molecular complexity index is 1030. The number of nitrogens with one attached hydrogen (secondary N) is 1. The van der Waals surface area contributed by atoms with Crippen LogP contribution < -0.4 is 16.6 Å². The van der Waals surface area contributed by atoms with Gasteiger partial charge in [-0.15, -0.1) is 11.3 Å². The van der Waals surface area contributed by atoms with Crippen LogP contribution in [0.1, 0.15) is 17.7 Å². The maximum absolute atomic E-state index is 12.2. The van der Waals surface area contributed by atoms with Gasteiger partial charge in [-0.1, -0.05) is 6.07 Å². The molecule has 0 aliphatic rings. The number of amides is 1. The molecule has 0 aliphatic carbocycles. The van der Waals surface area contributed by atoms with Crippen molar-refractivity contribution in [1.29, 1.82) is 0 Å². The number of carbonyl (C=O) groups excluding carboxylic acids is 1. The normalized spacial score (nSPS) is 11.0. The van der Waals surface area contributed by atoms with Crippen LogP contribution in [0.3, 0.4) is 0 Å². The molecule has 1 N–H and O–H groups in total. The van der Waals surface area contributed by atoms with Crippen LogP contribution in [0, 0.1) is 0 Å². The first-order valence-corrected chi connectivity index (χ1v) is 8.73. The maximum Gasteiger partial charge on any atom is 0.332 e.